The van der Waals surface area contributed by atoms with Crippen LogP contribution in [0, 0.1) is 6.92 Å². The fraction of sp³-hybridized carbons (Fsp3) is 0.524. The molecule has 0 aromatic carbocycles. The van der Waals surface area contributed by atoms with Gasteiger partial charge in [-0.15, -0.1) is 11.3 Å². The van der Waals surface area contributed by atoms with Gasteiger partial charge in [0.2, 0.25) is 0 Å². The van der Waals surface area contributed by atoms with E-state index < -0.39 is 0 Å². The maximum Gasteiger partial charge on any atom is 0.264 e. The number of aromatic nitrogens is 1. The van der Waals surface area contributed by atoms with Crippen LogP contribution in [0.4, 0.5) is 0 Å². The molecule has 1 amide bonds. The SMILES string of the molecule is Cc1ccsc1C(=O)N1CCC2(CC1)C[C@@H](N(C)Cc1cccnc1)CO2. The van der Waals surface area contributed by atoms with E-state index >= 15 is 0 Å². The van der Waals surface area contributed by atoms with Gasteiger partial charge >= 0.3 is 0 Å². The summed E-state index contributed by atoms with van der Waals surface area (Å²) in [6.45, 7) is 5.25. The lowest BCUT2D eigenvalue weighted by Crippen LogP contribution is -2.47. The van der Waals surface area contributed by atoms with Crippen molar-refractivity contribution in [2.24, 2.45) is 0 Å². The lowest BCUT2D eigenvalue weighted by atomic mass is 9.87. The van der Waals surface area contributed by atoms with Crippen molar-refractivity contribution in [2.45, 2.75) is 44.4 Å². The number of rotatable bonds is 4. The standard InChI is InChI=1S/C21H27N3O2S/c1-16-5-11-27-19(16)20(25)24-9-6-21(7-10-24)12-18(15-26-21)23(2)14-17-4-3-8-22-13-17/h3-5,8,11,13,18H,6-7,9-10,12,14-15H2,1-2H3/t18-/m1/s1. The molecular formula is C21H27N3O2S. The number of hydrogen-bond donors (Lipinski definition) is 0. The van der Waals surface area contributed by atoms with Gasteiger partial charge in [-0.25, -0.2) is 0 Å². The number of likely N-dealkylation sites (tertiary alicyclic amines) is 1. The van der Waals surface area contributed by atoms with Gasteiger partial charge in [-0.2, -0.15) is 0 Å². The maximum atomic E-state index is 12.7. The van der Waals surface area contributed by atoms with E-state index in [0.29, 0.717) is 6.04 Å². The smallest absolute Gasteiger partial charge is 0.264 e. The molecule has 1 spiro atoms. The fourth-order valence-corrected chi connectivity index (χ4v) is 5.11. The molecule has 27 heavy (non-hydrogen) atoms. The van der Waals surface area contributed by atoms with Crippen molar-refractivity contribution < 1.29 is 9.53 Å². The van der Waals surface area contributed by atoms with Crippen LogP contribution in [0.1, 0.15) is 40.1 Å². The molecule has 2 aliphatic rings. The Hall–Kier alpha value is -1.76. The summed E-state index contributed by atoms with van der Waals surface area (Å²) in [5.74, 6) is 0.181. The third-order valence-electron chi connectivity index (χ3n) is 5.99. The average molecular weight is 386 g/mol. The van der Waals surface area contributed by atoms with Crippen LogP contribution in [0.2, 0.25) is 0 Å². The van der Waals surface area contributed by atoms with Crippen molar-refractivity contribution >= 4 is 17.2 Å². The van der Waals surface area contributed by atoms with Gasteiger partial charge in [-0.05, 0) is 61.9 Å². The third kappa shape index (κ3) is 3.93. The number of pyridine rings is 1. The highest BCUT2D eigenvalue weighted by Crippen LogP contribution is 2.38. The Bertz CT molecular complexity index is 784. The number of likely N-dealkylation sites (N-methyl/N-ethyl adjacent to an activating group) is 1. The van der Waals surface area contributed by atoms with E-state index in [2.05, 4.69) is 23.0 Å². The first-order valence-corrected chi connectivity index (χ1v) is 10.5. The second kappa shape index (κ2) is 7.70. The second-order valence-corrected chi connectivity index (χ2v) is 8.77. The largest absolute Gasteiger partial charge is 0.373 e. The minimum Gasteiger partial charge on any atom is -0.373 e. The number of aryl methyl sites for hydroxylation is 1. The van der Waals surface area contributed by atoms with Gasteiger partial charge in [0, 0.05) is 38.1 Å². The van der Waals surface area contributed by atoms with E-state index in [1.807, 2.05) is 41.7 Å². The van der Waals surface area contributed by atoms with Crippen LogP contribution < -0.4 is 0 Å². The Labute approximate surface area is 165 Å². The number of hydrogen-bond acceptors (Lipinski definition) is 5. The van der Waals surface area contributed by atoms with Crippen LogP contribution in [0.15, 0.2) is 36.0 Å². The average Bonchev–Trinajstić information content (AvgIpc) is 3.29. The molecule has 0 bridgehead atoms. The number of carbonyl (C=O) groups is 1. The highest BCUT2D eigenvalue weighted by molar-refractivity contribution is 7.12. The minimum absolute atomic E-state index is 0.0604. The molecule has 0 radical (unpaired) electrons. The second-order valence-electron chi connectivity index (χ2n) is 7.85. The van der Waals surface area contributed by atoms with E-state index in [4.69, 9.17) is 4.74 Å². The van der Waals surface area contributed by atoms with E-state index in [1.165, 1.54) is 5.56 Å². The summed E-state index contributed by atoms with van der Waals surface area (Å²) in [4.78, 5) is 22.2. The predicted molar refractivity (Wildman–Crippen MR) is 107 cm³/mol. The van der Waals surface area contributed by atoms with Gasteiger partial charge in [0.05, 0.1) is 17.1 Å². The number of nitrogens with zero attached hydrogens (tertiary/aromatic N) is 3. The topological polar surface area (TPSA) is 45.7 Å². The number of piperidine rings is 1. The number of thiophene rings is 1. The van der Waals surface area contributed by atoms with Crippen molar-refractivity contribution in [3.05, 3.63) is 52.0 Å². The van der Waals surface area contributed by atoms with Crippen molar-refractivity contribution in [3.63, 3.8) is 0 Å². The zero-order chi connectivity index (χ0) is 18.9. The molecule has 0 unspecified atom stereocenters. The molecule has 0 saturated carbocycles. The minimum atomic E-state index is -0.0604. The molecule has 1 atom stereocenters. The summed E-state index contributed by atoms with van der Waals surface area (Å²) in [6, 6.07) is 6.54. The summed E-state index contributed by atoms with van der Waals surface area (Å²) in [6.07, 6.45) is 6.65. The van der Waals surface area contributed by atoms with Crippen molar-refractivity contribution in [2.75, 3.05) is 26.7 Å². The summed E-state index contributed by atoms with van der Waals surface area (Å²) in [7, 11) is 2.16. The molecule has 2 aliphatic heterocycles. The summed E-state index contributed by atoms with van der Waals surface area (Å²) in [5, 5.41) is 2.00. The highest BCUT2D eigenvalue weighted by atomic mass is 32.1. The van der Waals surface area contributed by atoms with Crippen LogP contribution in [0.3, 0.4) is 0 Å². The number of carbonyl (C=O) groups excluding carboxylic acids is 1. The first-order valence-electron chi connectivity index (χ1n) is 9.63. The first kappa shape index (κ1) is 18.6. The van der Waals surface area contributed by atoms with E-state index in [0.717, 1.165) is 55.9 Å². The molecule has 0 N–H and O–H groups in total. The lowest BCUT2D eigenvalue weighted by molar-refractivity contribution is -0.0392. The molecule has 2 fully saturated rings. The normalized spacial score (nSPS) is 21.9. The zero-order valence-electron chi connectivity index (χ0n) is 16.1. The number of amides is 1. The Balaban J connectivity index is 1.33. The van der Waals surface area contributed by atoms with Gasteiger partial charge in [0.1, 0.15) is 0 Å². The Morgan fingerprint density at radius 1 is 1.41 bits per heavy atom. The van der Waals surface area contributed by atoms with Gasteiger partial charge in [0.25, 0.3) is 5.91 Å². The van der Waals surface area contributed by atoms with E-state index in [9.17, 15) is 4.79 Å². The zero-order valence-corrected chi connectivity index (χ0v) is 16.9. The third-order valence-corrected chi connectivity index (χ3v) is 6.99. The van der Waals surface area contributed by atoms with Crippen molar-refractivity contribution in [1.82, 2.24) is 14.8 Å². The van der Waals surface area contributed by atoms with Gasteiger partial charge < -0.3 is 9.64 Å². The quantitative estimate of drug-likeness (QED) is 0.810. The fourth-order valence-electron chi connectivity index (χ4n) is 4.21. The summed E-state index contributed by atoms with van der Waals surface area (Å²) < 4.78 is 6.30. The molecule has 144 valence electrons. The Kier molecular flexibility index (Phi) is 5.30. The molecule has 5 nitrogen and oxygen atoms in total. The molecule has 4 heterocycles. The number of ether oxygens (including phenoxy) is 1. The molecular weight excluding hydrogens is 358 g/mol. The van der Waals surface area contributed by atoms with Crippen LogP contribution in [-0.2, 0) is 11.3 Å². The van der Waals surface area contributed by atoms with Crippen LogP contribution in [0.5, 0.6) is 0 Å². The molecule has 4 rings (SSSR count). The van der Waals surface area contributed by atoms with Crippen molar-refractivity contribution in [3.8, 4) is 0 Å². The van der Waals surface area contributed by atoms with Crippen LogP contribution in [0.25, 0.3) is 0 Å². The molecule has 0 aliphatic carbocycles. The first-order chi connectivity index (χ1) is 13.1. The highest BCUT2D eigenvalue weighted by Gasteiger charge is 2.44. The summed E-state index contributed by atoms with van der Waals surface area (Å²) in [5.41, 5.74) is 2.25. The monoisotopic (exact) mass is 385 g/mol. The maximum absolute atomic E-state index is 12.7. The van der Waals surface area contributed by atoms with Crippen LogP contribution >= 0.6 is 11.3 Å². The van der Waals surface area contributed by atoms with Crippen molar-refractivity contribution in [1.29, 1.82) is 0 Å². The van der Waals surface area contributed by atoms with Gasteiger partial charge in [-0.1, -0.05) is 6.07 Å². The molecule has 2 saturated heterocycles. The Morgan fingerprint density at radius 3 is 2.89 bits per heavy atom. The van der Waals surface area contributed by atoms with E-state index in [-0.39, 0.29) is 11.5 Å². The van der Waals surface area contributed by atoms with E-state index in [1.54, 1.807) is 11.3 Å². The molecule has 6 heteroatoms. The summed E-state index contributed by atoms with van der Waals surface area (Å²) >= 11 is 1.55. The van der Waals surface area contributed by atoms with Gasteiger partial charge in [-0.3, -0.25) is 14.7 Å². The predicted octanol–water partition coefficient (Wildman–Crippen LogP) is 3.35. The molecule has 2 aromatic rings. The van der Waals surface area contributed by atoms with Crippen LogP contribution in [-0.4, -0.2) is 59.1 Å². The lowest BCUT2D eigenvalue weighted by Gasteiger charge is -2.39. The van der Waals surface area contributed by atoms with Gasteiger partial charge in [0.15, 0.2) is 0 Å². The Morgan fingerprint density at radius 2 is 2.22 bits per heavy atom. The molecule has 2 aromatic heterocycles.